The molecule has 0 bridgehead atoms. The summed E-state index contributed by atoms with van der Waals surface area (Å²) < 4.78 is 5.60. The Morgan fingerprint density at radius 1 is 1.30 bits per heavy atom. The molecule has 3 rings (SSSR count). The number of carbonyl (C=O) groups is 1. The first-order valence-electron chi connectivity index (χ1n) is 7.96. The van der Waals surface area contributed by atoms with Crippen LogP contribution in [0.15, 0.2) is 29.6 Å². The van der Waals surface area contributed by atoms with Gasteiger partial charge in [0.1, 0.15) is 10.8 Å². The van der Waals surface area contributed by atoms with Gasteiger partial charge in [-0.25, -0.2) is 4.98 Å². The zero-order valence-corrected chi connectivity index (χ0v) is 14.1. The predicted octanol–water partition coefficient (Wildman–Crippen LogP) is 4.03. The fraction of sp³-hybridized carbons (Fsp3) is 0.444. The van der Waals surface area contributed by atoms with Crippen LogP contribution in [-0.4, -0.2) is 23.2 Å². The molecule has 1 aromatic carbocycles. The lowest BCUT2D eigenvalue weighted by Gasteiger charge is -2.37. The molecule has 0 unspecified atom stereocenters. The van der Waals surface area contributed by atoms with E-state index >= 15 is 0 Å². The summed E-state index contributed by atoms with van der Waals surface area (Å²) in [6.45, 7) is 0. The smallest absolute Gasteiger partial charge is 0.309 e. The van der Waals surface area contributed by atoms with Crippen LogP contribution in [0.3, 0.4) is 0 Å². The van der Waals surface area contributed by atoms with E-state index in [9.17, 15) is 4.79 Å². The summed E-state index contributed by atoms with van der Waals surface area (Å²) in [5.41, 5.74) is 1.68. The number of carboxylic acid groups (broad SMARTS) is 1. The Labute approximate surface area is 140 Å². The van der Waals surface area contributed by atoms with Gasteiger partial charge in [0.15, 0.2) is 0 Å². The Balaban J connectivity index is 2.06. The predicted molar refractivity (Wildman–Crippen MR) is 90.3 cm³/mol. The average molecular weight is 331 g/mol. The molecule has 2 aromatic rings. The lowest BCUT2D eigenvalue weighted by atomic mass is 9.69. The number of rotatable bonds is 5. The van der Waals surface area contributed by atoms with Gasteiger partial charge in [0.25, 0.3) is 0 Å². The first-order chi connectivity index (χ1) is 11.2. The molecule has 4 nitrogen and oxygen atoms in total. The van der Waals surface area contributed by atoms with E-state index in [1.165, 1.54) is 12.0 Å². The van der Waals surface area contributed by atoms with Crippen LogP contribution in [0.1, 0.15) is 48.4 Å². The zero-order chi connectivity index (χ0) is 16.3. The molecular formula is C18H21NO3S. The van der Waals surface area contributed by atoms with E-state index in [-0.39, 0.29) is 11.8 Å². The summed E-state index contributed by atoms with van der Waals surface area (Å²) >= 11 is 1.58. The molecule has 1 heterocycles. The molecule has 0 saturated heterocycles. The molecule has 122 valence electrons. The van der Waals surface area contributed by atoms with Crippen LogP contribution in [0.4, 0.5) is 0 Å². The highest BCUT2D eigenvalue weighted by molar-refractivity contribution is 7.09. The maximum Gasteiger partial charge on any atom is 0.309 e. The number of ether oxygens (including phenoxy) is 1. The van der Waals surface area contributed by atoms with Crippen LogP contribution in [0.25, 0.3) is 0 Å². The van der Waals surface area contributed by atoms with Crippen LogP contribution in [-0.2, 0) is 16.6 Å². The number of hydrogen-bond donors (Lipinski definition) is 1. The Morgan fingerprint density at radius 2 is 2.04 bits per heavy atom. The van der Waals surface area contributed by atoms with Gasteiger partial charge in [0, 0.05) is 10.9 Å². The minimum atomic E-state index is -0.836. The Morgan fingerprint density at radius 3 is 2.74 bits per heavy atom. The van der Waals surface area contributed by atoms with E-state index < -0.39 is 5.97 Å². The lowest BCUT2D eigenvalue weighted by Crippen LogP contribution is -2.31. The second kappa shape index (κ2) is 6.71. The highest BCUT2D eigenvalue weighted by Crippen LogP contribution is 2.48. The highest BCUT2D eigenvalue weighted by Gasteiger charge is 2.40. The summed E-state index contributed by atoms with van der Waals surface area (Å²) in [5.74, 6) is 0.0567. The van der Waals surface area contributed by atoms with Gasteiger partial charge in [-0.1, -0.05) is 37.5 Å². The van der Waals surface area contributed by atoms with Gasteiger partial charge in [0.05, 0.1) is 24.6 Å². The van der Waals surface area contributed by atoms with Crippen molar-refractivity contribution in [3.63, 3.8) is 0 Å². The largest absolute Gasteiger partial charge is 0.496 e. The number of benzene rings is 1. The maximum absolute atomic E-state index is 10.9. The van der Waals surface area contributed by atoms with Gasteiger partial charge in [-0.05, 0) is 18.9 Å². The molecular weight excluding hydrogens is 310 g/mol. The average Bonchev–Trinajstić information content (AvgIpc) is 3.03. The van der Waals surface area contributed by atoms with E-state index in [2.05, 4.69) is 11.1 Å². The van der Waals surface area contributed by atoms with Crippen molar-refractivity contribution in [2.75, 3.05) is 7.11 Å². The van der Waals surface area contributed by atoms with Crippen molar-refractivity contribution < 1.29 is 14.6 Å². The van der Waals surface area contributed by atoms with Crippen LogP contribution >= 0.6 is 11.3 Å². The SMILES string of the molecule is COc1ccccc1C1(c2nc(CC(=O)O)cs2)CCCCC1. The molecule has 1 aliphatic carbocycles. The summed E-state index contributed by atoms with van der Waals surface area (Å²) in [5, 5.41) is 11.9. The molecule has 1 N–H and O–H groups in total. The van der Waals surface area contributed by atoms with Crippen LogP contribution < -0.4 is 4.74 Å². The number of aliphatic carboxylic acids is 1. The van der Waals surface area contributed by atoms with Crippen molar-refractivity contribution in [3.8, 4) is 5.75 Å². The Hall–Kier alpha value is -1.88. The van der Waals surface area contributed by atoms with Crippen molar-refractivity contribution in [2.45, 2.75) is 43.9 Å². The first-order valence-corrected chi connectivity index (χ1v) is 8.84. The molecule has 1 aliphatic rings. The van der Waals surface area contributed by atoms with Crippen LogP contribution in [0, 0.1) is 0 Å². The summed E-state index contributed by atoms with van der Waals surface area (Å²) in [6, 6.07) is 8.15. The second-order valence-electron chi connectivity index (χ2n) is 6.06. The molecule has 0 amide bonds. The van der Waals surface area contributed by atoms with Crippen molar-refractivity contribution in [3.05, 3.63) is 45.9 Å². The molecule has 0 atom stereocenters. The topological polar surface area (TPSA) is 59.4 Å². The third kappa shape index (κ3) is 3.11. The van der Waals surface area contributed by atoms with Gasteiger partial charge >= 0.3 is 5.97 Å². The van der Waals surface area contributed by atoms with E-state index in [1.54, 1.807) is 18.4 Å². The first kappa shape index (κ1) is 16.0. The number of para-hydroxylation sites is 1. The quantitative estimate of drug-likeness (QED) is 0.898. The minimum absolute atomic E-state index is 0.0154. The fourth-order valence-corrected chi connectivity index (χ4v) is 4.65. The standard InChI is InChI=1S/C18H21NO3S/c1-22-15-8-4-3-7-14(15)18(9-5-2-6-10-18)17-19-13(12-23-17)11-16(20)21/h3-4,7-8,12H,2,5-6,9-11H2,1H3,(H,20,21). The van der Waals surface area contributed by atoms with Crippen LogP contribution in [0.2, 0.25) is 0 Å². The fourth-order valence-electron chi connectivity index (χ4n) is 3.56. The third-order valence-electron chi connectivity index (χ3n) is 4.62. The molecule has 5 heteroatoms. The monoisotopic (exact) mass is 331 g/mol. The highest BCUT2D eigenvalue weighted by atomic mass is 32.1. The van der Waals surface area contributed by atoms with Crippen molar-refractivity contribution >= 4 is 17.3 Å². The normalized spacial score (nSPS) is 16.9. The van der Waals surface area contributed by atoms with E-state index in [0.29, 0.717) is 5.69 Å². The summed E-state index contributed by atoms with van der Waals surface area (Å²) in [4.78, 5) is 15.6. The molecule has 0 spiro atoms. The van der Waals surface area contributed by atoms with Gasteiger partial charge in [-0.3, -0.25) is 4.79 Å². The van der Waals surface area contributed by atoms with Crippen LogP contribution in [0.5, 0.6) is 5.75 Å². The van der Waals surface area contributed by atoms with Crippen molar-refractivity contribution in [2.24, 2.45) is 0 Å². The number of carboxylic acids is 1. The zero-order valence-electron chi connectivity index (χ0n) is 13.2. The summed E-state index contributed by atoms with van der Waals surface area (Å²) in [7, 11) is 1.70. The number of thiazole rings is 1. The molecule has 1 saturated carbocycles. The van der Waals surface area contributed by atoms with E-state index in [1.807, 2.05) is 23.6 Å². The van der Waals surface area contributed by atoms with Crippen molar-refractivity contribution in [1.29, 1.82) is 0 Å². The number of methoxy groups -OCH3 is 1. The molecule has 0 aliphatic heterocycles. The number of aromatic nitrogens is 1. The summed E-state index contributed by atoms with van der Waals surface area (Å²) in [6.07, 6.45) is 5.61. The lowest BCUT2D eigenvalue weighted by molar-refractivity contribution is -0.136. The van der Waals surface area contributed by atoms with Gasteiger partial charge in [-0.2, -0.15) is 0 Å². The van der Waals surface area contributed by atoms with Gasteiger partial charge in [-0.15, -0.1) is 11.3 Å². The number of hydrogen-bond acceptors (Lipinski definition) is 4. The maximum atomic E-state index is 10.9. The van der Waals surface area contributed by atoms with Gasteiger partial charge in [0.2, 0.25) is 0 Å². The van der Waals surface area contributed by atoms with E-state index in [0.717, 1.165) is 36.4 Å². The Bertz CT molecular complexity index is 689. The second-order valence-corrected chi connectivity index (χ2v) is 6.92. The molecule has 0 radical (unpaired) electrons. The van der Waals surface area contributed by atoms with Gasteiger partial charge < -0.3 is 9.84 Å². The minimum Gasteiger partial charge on any atom is -0.496 e. The molecule has 23 heavy (non-hydrogen) atoms. The molecule has 1 aromatic heterocycles. The third-order valence-corrected chi connectivity index (χ3v) is 5.72. The van der Waals surface area contributed by atoms with E-state index in [4.69, 9.17) is 9.84 Å². The Kier molecular flexibility index (Phi) is 4.66. The molecule has 1 fully saturated rings. The van der Waals surface area contributed by atoms with Crippen molar-refractivity contribution in [1.82, 2.24) is 4.98 Å². The number of nitrogens with zero attached hydrogens (tertiary/aromatic N) is 1.